The van der Waals surface area contributed by atoms with Crippen molar-refractivity contribution >= 4 is 29.0 Å². The van der Waals surface area contributed by atoms with E-state index in [2.05, 4.69) is 10.3 Å². The van der Waals surface area contributed by atoms with Crippen LogP contribution < -0.4 is 5.32 Å². The van der Waals surface area contributed by atoms with Crippen LogP contribution in [0.2, 0.25) is 0 Å². The van der Waals surface area contributed by atoms with Crippen molar-refractivity contribution in [3.63, 3.8) is 0 Å². The summed E-state index contributed by atoms with van der Waals surface area (Å²) in [4.78, 5) is 18.1. The minimum Gasteiger partial charge on any atom is -0.343 e. The van der Waals surface area contributed by atoms with Gasteiger partial charge in [-0.05, 0) is 48.9 Å². The minimum absolute atomic E-state index is 0.0909. The normalized spacial score (nSPS) is 12.1. The Morgan fingerprint density at radius 3 is 2.71 bits per heavy atom. The maximum absolute atomic E-state index is 13.2. The number of benzene rings is 1. The van der Waals surface area contributed by atoms with E-state index >= 15 is 0 Å². The summed E-state index contributed by atoms with van der Waals surface area (Å²) in [5.41, 5.74) is 1.13. The fourth-order valence-corrected chi connectivity index (χ4v) is 3.64. The van der Waals surface area contributed by atoms with E-state index in [1.165, 1.54) is 23.9 Å². The second-order valence-corrected chi connectivity index (χ2v) is 6.91. The Labute approximate surface area is 147 Å². The number of amides is 1. The van der Waals surface area contributed by atoms with Gasteiger partial charge in [-0.1, -0.05) is 17.8 Å². The highest BCUT2D eigenvalue weighted by atomic mass is 32.2. The molecule has 1 N–H and O–H groups in total. The van der Waals surface area contributed by atoms with Gasteiger partial charge in [0.15, 0.2) is 5.16 Å². The quantitative estimate of drug-likeness (QED) is 0.690. The van der Waals surface area contributed by atoms with E-state index in [-0.39, 0.29) is 17.8 Å². The van der Waals surface area contributed by atoms with Gasteiger partial charge in [0, 0.05) is 10.6 Å². The number of halogens is 1. The Hall–Kier alpha value is -2.12. The van der Waals surface area contributed by atoms with Gasteiger partial charge in [-0.2, -0.15) is 0 Å². The third-order valence-corrected chi connectivity index (χ3v) is 5.26. The van der Waals surface area contributed by atoms with E-state index in [1.807, 2.05) is 30.7 Å². The zero-order valence-electron chi connectivity index (χ0n) is 13.2. The Balaban J connectivity index is 1.92. The molecule has 124 valence electrons. The molecule has 3 aromatic rings. The molecule has 1 aromatic carbocycles. The molecule has 0 saturated carbocycles. The van der Waals surface area contributed by atoms with Crippen LogP contribution in [0.25, 0.3) is 5.69 Å². The van der Waals surface area contributed by atoms with Crippen LogP contribution in [-0.2, 0) is 0 Å². The number of carbonyl (C=O) groups is 1. The topological polar surface area (TPSA) is 46.9 Å². The Morgan fingerprint density at radius 1 is 1.33 bits per heavy atom. The van der Waals surface area contributed by atoms with Gasteiger partial charge in [-0.15, -0.1) is 11.3 Å². The largest absolute Gasteiger partial charge is 0.343 e. The maximum atomic E-state index is 13.2. The molecule has 2 aromatic heterocycles. The van der Waals surface area contributed by atoms with Crippen LogP contribution in [0.1, 0.15) is 28.3 Å². The summed E-state index contributed by atoms with van der Waals surface area (Å²) in [5.74, 6) is -0.532. The lowest BCUT2D eigenvalue weighted by atomic mass is 10.2. The molecule has 0 spiro atoms. The molecule has 0 unspecified atom stereocenters. The molecule has 4 nitrogen and oxygen atoms in total. The van der Waals surface area contributed by atoms with Crippen LogP contribution >= 0.6 is 23.1 Å². The third kappa shape index (κ3) is 3.37. The molecule has 24 heavy (non-hydrogen) atoms. The van der Waals surface area contributed by atoms with Gasteiger partial charge in [0.2, 0.25) is 0 Å². The van der Waals surface area contributed by atoms with Crippen molar-refractivity contribution in [1.82, 2.24) is 14.9 Å². The van der Waals surface area contributed by atoms with Gasteiger partial charge in [0.25, 0.3) is 5.91 Å². The van der Waals surface area contributed by atoms with Gasteiger partial charge in [0.05, 0.1) is 12.2 Å². The van der Waals surface area contributed by atoms with Crippen molar-refractivity contribution in [2.24, 2.45) is 0 Å². The first-order valence-electron chi connectivity index (χ1n) is 7.32. The lowest BCUT2D eigenvalue weighted by molar-refractivity contribution is 0.0933. The van der Waals surface area contributed by atoms with Gasteiger partial charge < -0.3 is 5.32 Å². The van der Waals surface area contributed by atoms with Crippen LogP contribution in [0.4, 0.5) is 4.39 Å². The summed E-state index contributed by atoms with van der Waals surface area (Å²) in [7, 11) is 0. The van der Waals surface area contributed by atoms with E-state index in [4.69, 9.17) is 0 Å². The molecule has 0 aliphatic rings. The lowest BCUT2D eigenvalue weighted by Gasteiger charge is -2.14. The molecule has 0 saturated heterocycles. The third-order valence-electron chi connectivity index (χ3n) is 3.55. The summed E-state index contributed by atoms with van der Waals surface area (Å²) in [6.07, 6.45) is 3.43. The molecule has 0 bridgehead atoms. The first-order chi connectivity index (χ1) is 11.6. The molecular weight excluding hydrogens is 345 g/mol. The maximum Gasteiger partial charge on any atom is 0.270 e. The fourth-order valence-electron chi connectivity index (χ4n) is 2.36. The number of rotatable bonds is 5. The first kappa shape index (κ1) is 16.7. The zero-order valence-corrected chi connectivity index (χ0v) is 14.8. The Bertz CT molecular complexity index is 828. The van der Waals surface area contributed by atoms with Gasteiger partial charge in [0.1, 0.15) is 11.5 Å². The van der Waals surface area contributed by atoms with E-state index < -0.39 is 0 Å². The number of aromatic nitrogens is 2. The summed E-state index contributed by atoms with van der Waals surface area (Å²) in [5, 5.41) is 5.64. The van der Waals surface area contributed by atoms with Crippen molar-refractivity contribution in [3.05, 3.63) is 64.4 Å². The van der Waals surface area contributed by atoms with Crippen molar-refractivity contribution in [3.8, 4) is 5.69 Å². The van der Waals surface area contributed by atoms with Crippen LogP contribution in [0.5, 0.6) is 0 Å². The Morgan fingerprint density at radius 2 is 2.08 bits per heavy atom. The lowest BCUT2D eigenvalue weighted by Crippen LogP contribution is -2.28. The van der Waals surface area contributed by atoms with Gasteiger partial charge in [-0.3, -0.25) is 9.36 Å². The SMILES string of the molecule is CSc1ncc(C(=O)N[C@H](C)c2cccs2)n1-c1ccc(F)cc1. The molecule has 0 aliphatic heterocycles. The number of nitrogens with zero attached hydrogens (tertiary/aromatic N) is 2. The molecule has 2 heterocycles. The molecular formula is C17H16FN3OS2. The predicted octanol–water partition coefficient (Wildman–Crippen LogP) is 4.29. The smallest absolute Gasteiger partial charge is 0.270 e. The number of hydrogen-bond donors (Lipinski definition) is 1. The first-order valence-corrected chi connectivity index (χ1v) is 9.42. The Kier molecular flexibility index (Phi) is 5.01. The highest BCUT2D eigenvalue weighted by Crippen LogP contribution is 2.23. The molecule has 3 rings (SSSR count). The van der Waals surface area contributed by atoms with E-state index in [0.29, 0.717) is 16.5 Å². The molecule has 7 heteroatoms. The number of hydrogen-bond acceptors (Lipinski definition) is 4. The molecule has 0 radical (unpaired) electrons. The summed E-state index contributed by atoms with van der Waals surface area (Å²) >= 11 is 3.03. The molecule has 0 fully saturated rings. The van der Waals surface area contributed by atoms with Crippen LogP contribution in [0.3, 0.4) is 0 Å². The summed E-state index contributed by atoms with van der Waals surface area (Å²) < 4.78 is 14.9. The molecule has 0 aliphatic carbocycles. The zero-order chi connectivity index (χ0) is 17.1. The summed E-state index contributed by atoms with van der Waals surface area (Å²) in [6, 6.07) is 9.86. The van der Waals surface area contributed by atoms with E-state index in [1.54, 1.807) is 34.2 Å². The minimum atomic E-state index is -0.318. The highest BCUT2D eigenvalue weighted by molar-refractivity contribution is 7.98. The van der Waals surface area contributed by atoms with Crippen molar-refractivity contribution < 1.29 is 9.18 Å². The average Bonchev–Trinajstić information content (AvgIpc) is 3.25. The number of carbonyl (C=O) groups excluding carboxylic acids is 1. The average molecular weight is 361 g/mol. The van der Waals surface area contributed by atoms with E-state index in [0.717, 1.165) is 4.88 Å². The molecule has 1 atom stereocenters. The molecule has 1 amide bonds. The number of thiophene rings is 1. The summed E-state index contributed by atoms with van der Waals surface area (Å²) in [6.45, 7) is 1.94. The fraction of sp³-hybridized carbons (Fsp3) is 0.176. The van der Waals surface area contributed by atoms with Crippen molar-refractivity contribution in [2.45, 2.75) is 18.1 Å². The standard InChI is InChI=1S/C17H16FN3OS2/c1-11(15-4-3-9-24-15)20-16(22)14-10-19-17(23-2)21(14)13-7-5-12(18)6-8-13/h3-11H,1-2H3,(H,20,22)/t11-/m1/s1. The van der Waals surface area contributed by atoms with Gasteiger partial charge >= 0.3 is 0 Å². The van der Waals surface area contributed by atoms with Crippen LogP contribution in [0, 0.1) is 5.82 Å². The number of thioether (sulfide) groups is 1. The highest BCUT2D eigenvalue weighted by Gasteiger charge is 2.20. The monoisotopic (exact) mass is 361 g/mol. The van der Waals surface area contributed by atoms with Gasteiger partial charge in [-0.25, -0.2) is 9.37 Å². The van der Waals surface area contributed by atoms with Crippen LogP contribution in [0.15, 0.2) is 53.1 Å². The number of nitrogens with one attached hydrogen (secondary N) is 1. The van der Waals surface area contributed by atoms with Crippen molar-refractivity contribution in [2.75, 3.05) is 6.26 Å². The van der Waals surface area contributed by atoms with Crippen molar-refractivity contribution in [1.29, 1.82) is 0 Å². The van der Waals surface area contributed by atoms with Crippen LogP contribution in [-0.4, -0.2) is 21.7 Å². The number of imidazole rings is 1. The second-order valence-electron chi connectivity index (χ2n) is 5.15. The second kappa shape index (κ2) is 7.19. The van der Waals surface area contributed by atoms with E-state index in [9.17, 15) is 9.18 Å². The predicted molar refractivity (Wildman–Crippen MR) is 95.5 cm³/mol.